The van der Waals surface area contributed by atoms with Crippen LogP contribution in [0, 0.1) is 13.8 Å². The molecule has 0 spiro atoms. The zero-order chi connectivity index (χ0) is 22.0. The number of fused-ring (bicyclic) bond motifs is 3. The molecule has 3 heterocycles. The monoisotopic (exact) mass is 421 g/mol. The van der Waals surface area contributed by atoms with Gasteiger partial charge >= 0.3 is 0 Å². The highest BCUT2D eigenvalue weighted by atomic mass is 16.6. The molecule has 9 heteroatoms. The van der Waals surface area contributed by atoms with Gasteiger partial charge in [0, 0.05) is 24.3 Å². The summed E-state index contributed by atoms with van der Waals surface area (Å²) in [7, 11) is 5.77. The van der Waals surface area contributed by atoms with E-state index in [2.05, 4.69) is 52.6 Å². The summed E-state index contributed by atoms with van der Waals surface area (Å²) < 4.78 is 9.25. The number of hydrogen-bond donors (Lipinski definition) is 0. The SMILES string of the molecule is COc1ccccc1/C=N\OCc1nc2c3c(C)c(C)n(CCN(C)C)c3ncn2n1. The van der Waals surface area contributed by atoms with Crippen LogP contribution in [-0.4, -0.2) is 63.0 Å². The summed E-state index contributed by atoms with van der Waals surface area (Å²) >= 11 is 0. The van der Waals surface area contributed by atoms with Crippen LogP contribution < -0.4 is 4.74 Å². The topological polar surface area (TPSA) is 82.1 Å². The predicted molar refractivity (Wildman–Crippen MR) is 120 cm³/mol. The maximum absolute atomic E-state index is 5.43. The van der Waals surface area contributed by atoms with Gasteiger partial charge in [0.15, 0.2) is 18.1 Å². The molecule has 0 unspecified atom stereocenters. The first-order valence-corrected chi connectivity index (χ1v) is 10.1. The smallest absolute Gasteiger partial charge is 0.192 e. The van der Waals surface area contributed by atoms with E-state index in [4.69, 9.17) is 14.6 Å². The minimum atomic E-state index is 0.161. The lowest BCUT2D eigenvalue weighted by Gasteiger charge is -2.12. The maximum atomic E-state index is 5.43. The van der Waals surface area contributed by atoms with E-state index in [0.29, 0.717) is 5.82 Å². The van der Waals surface area contributed by atoms with Crippen molar-refractivity contribution in [2.24, 2.45) is 5.16 Å². The van der Waals surface area contributed by atoms with Crippen LogP contribution in [0.25, 0.3) is 16.7 Å². The highest BCUT2D eigenvalue weighted by Crippen LogP contribution is 2.26. The number of aryl methyl sites for hydroxylation is 1. The van der Waals surface area contributed by atoms with Crippen LogP contribution in [0.2, 0.25) is 0 Å². The number of nitrogens with zero attached hydrogens (tertiary/aromatic N) is 7. The molecule has 9 nitrogen and oxygen atoms in total. The summed E-state index contributed by atoms with van der Waals surface area (Å²) in [4.78, 5) is 16.9. The zero-order valence-corrected chi connectivity index (χ0v) is 18.5. The second kappa shape index (κ2) is 8.73. The van der Waals surface area contributed by atoms with Gasteiger partial charge < -0.3 is 19.0 Å². The fourth-order valence-electron chi connectivity index (χ4n) is 3.57. The van der Waals surface area contributed by atoms with E-state index in [9.17, 15) is 0 Å². The van der Waals surface area contributed by atoms with Crippen LogP contribution in [-0.2, 0) is 18.0 Å². The Hall–Kier alpha value is -3.46. The Morgan fingerprint density at radius 1 is 1.16 bits per heavy atom. The Labute approximate surface area is 180 Å². The third kappa shape index (κ3) is 4.09. The molecular formula is C22H27N7O2. The fraction of sp³-hybridized carbons (Fsp3) is 0.364. The molecule has 0 radical (unpaired) electrons. The molecule has 0 aliphatic heterocycles. The summed E-state index contributed by atoms with van der Waals surface area (Å²) in [5, 5.41) is 9.56. The maximum Gasteiger partial charge on any atom is 0.192 e. The van der Waals surface area contributed by atoms with Gasteiger partial charge in [0.1, 0.15) is 17.7 Å². The lowest BCUT2D eigenvalue weighted by atomic mass is 10.2. The second-order valence-electron chi connectivity index (χ2n) is 7.65. The molecule has 0 fully saturated rings. The highest BCUT2D eigenvalue weighted by Gasteiger charge is 2.18. The van der Waals surface area contributed by atoms with Gasteiger partial charge in [0.2, 0.25) is 0 Å². The molecule has 1 aromatic carbocycles. The van der Waals surface area contributed by atoms with Crippen molar-refractivity contribution >= 4 is 22.9 Å². The molecule has 0 saturated carbocycles. The first-order valence-electron chi connectivity index (χ1n) is 10.1. The first kappa shape index (κ1) is 20.8. The number of aromatic nitrogens is 5. The van der Waals surface area contributed by atoms with Gasteiger partial charge in [-0.15, -0.1) is 5.10 Å². The van der Waals surface area contributed by atoms with E-state index in [1.54, 1.807) is 24.2 Å². The van der Waals surface area contributed by atoms with Crippen molar-refractivity contribution in [1.82, 2.24) is 29.0 Å². The van der Waals surface area contributed by atoms with E-state index in [1.807, 2.05) is 24.3 Å². The number of hydrogen-bond acceptors (Lipinski definition) is 7. The van der Waals surface area contributed by atoms with E-state index in [0.717, 1.165) is 41.1 Å². The summed E-state index contributed by atoms with van der Waals surface area (Å²) in [5.74, 6) is 1.28. The summed E-state index contributed by atoms with van der Waals surface area (Å²) in [6.07, 6.45) is 3.32. The first-order chi connectivity index (χ1) is 15.0. The van der Waals surface area contributed by atoms with Crippen molar-refractivity contribution in [2.75, 3.05) is 27.7 Å². The Bertz CT molecular complexity index is 1240. The molecule has 0 aliphatic carbocycles. The Morgan fingerprint density at radius 3 is 2.74 bits per heavy atom. The Morgan fingerprint density at radius 2 is 1.97 bits per heavy atom. The van der Waals surface area contributed by atoms with E-state index >= 15 is 0 Å². The number of oxime groups is 1. The number of ether oxygens (including phenoxy) is 1. The molecule has 162 valence electrons. The molecule has 31 heavy (non-hydrogen) atoms. The van der Waals surface area contributed by atoms with Gasteiger partial charge in [0.25, 0.3) is 0 Å². The van der Waals surface area contributed by atoms with Crippen molar-refractivity contribution in [2.45, 2.75) is 27.0 Å². The average Bonchev–Trinajstić information content (AvgIpc) is 3.28. The predicted octanol–water partition coefficient (Wildman–Crippen LogP) is 2.82. The van der Waals surface area contributed by atoms with Crippen LogP contribution in [0.5, 0.6) is 5.75 Å². The molecule has 3 aromatic heterocycles. The van der Waals surface area contributed by atoms with Crippen LogP contribution in [0.1, 0.15) is 22.6 Å². The normalized spacial score (nSPS) is 11.9. The fourth-order valence-corrected chi connectivity index (χ4v) is 3.57. The van der Waals surface area contributed by atoms with Crippen LogP contribution >= 0.6 is 0 Å². The molecule has 4 aromatic rings. The second-order valence-corrected chi connectivity index (χ2v) is 7.65. The summed E-state index contributed by atoms with van der Waals surface area (Å²) in [5.41, 5.74) is 4.91. The number of methoxy groups -OCH3 is 1. The molecule has 0 N–H and O–H groups in total. The van der Waals surface area contributed by atoms with Crippen LogP contribution in [0.4, 0.5) is 0 Å². The van der Waals surface area contributed by atoms with Crippen LogP contribution in [0.15, 0.2) is 35.7 Å². The van der Waals surface area contributed by atoms with Crippen LogP contribution in [0.3, 0.4) is 0 Å². The van der Waals surface area contributed by atoms with Crippen molar-refractivity contribution in [3.05, 3.63) is 53.2 Å². The van der Waals surface area contributed by atoms with E-state index in [1.165, 1.54) is 11.3 Å². The van der Waals surface area contributed by atoms with Gasteiger partial charge in [-0.3, -0.25) is 0 Å². The summed E-state index contributed by atoms with van der Waals surface area (Å²) in [6.45, 7) is 6.19. The Balaban J connectivity index is 1.57. The molecule has 4 rings (SSSR count). The molecule has 0 aliphatic rings. The highest BCUT2D eigenvalue weighted by molar-refractivity contribution is 5.93. The Kier molecular flexibility index (Phi) is 5.85. The minimum absolute atomic E-state index is 0.161. The molecule has 0 bridgehead atoms. The quantitative estimate of drug-likeness (QED) is 0.321. The number of para-hydroxylation sites is 1. The number of benzene rings is 1. The van der Waals surface area contributed by atoms with Gasteiger partial charge in [-0.25, -0.2) is 14.5 Å². The standard InChI is InChI=1S/C22H27N7O2/c1-15-16(2)28(11-10-27(3)4)21-20(15)22-25-19(26-29(22)14-23-21)13-31-24-12-17-8-6-7-9-18(17)30-5/h6-9,12,14H,10-11,13H2,1-5H3/b24-12-. The largest absolute Gasteiger partial charge is 0.496 e. The van der Waals surface area contributed by atoms with Crippen molar-refractivity contribution in [1.29, 1.82) is 0 Å². The van der Waals surface area contributed by atoms with Crippen molar-refractivity contribution in [3.63, 3.8) is 0 Å². The van der Waals surface area contributed by atoms with Gasteiger partial charge in [-0.1, -0.05) is 17.3 Å². The third-order valence-corrected chi connectivity index (χ3v) is 5.36. The zero-order valence-electron chi connectivity index (χ0n) is 18.5. The minimum Gasteiger partial charge on any atom is -0.496 e. The van der Waals surface area contributed by atoms with Gasteiger partial charge in [-0.05, 0) is 45.6 Å². The lowest BCUT2D eigenvalue weighted by Crippen LogP contribution is -2.19. The third-order valence-electron chi connectivity index (χ3n) is 5.36. The van der Waals surface area contributed by atoms with Gasteiger partial charge in [0.05, 0.1) is 18.7 Å². The molecule has 0 amide bonds. The molecule has 0 atom stereocenters. The summed E-state index contributed by atoms with van der Waals surface area (Å²) in [6, 6.07) is 7.60. The van der Waals surface area contributed by atoms with Crippen molar-refractivity contribution in [3.8, 4) is 5.75 Å². The number of likely N-dealkylation sites (N-methyl/N-ethyl adjacent to an activating group) is 1. The van der Waals surface area contributed by atoms with Gasteiger partial charge in [-0.2, -0.15) is 0 Å². The van der Waals surface area contributed by atoms with Crippen molar-refractivity contribution < 1.29 is 9.57 Å². The van der Waals surface area contributed by atoms with E-state index < -0.39 is 0 Å². The molecule has 0 saturated heterocycles. The number of rotatable bonds is 8. The molecular weight excluding hydrogens is 394 g/mol. The average molecular weight is 422 g/mol. The van der Waals surface area contributed by atoms with E-state index in [-0.39, 0.29) is 6.61 Å². The lowest BCUT2D eigenvalue weighted by molar-refractivity contribution is 0.126.